The molecule has 1 saturated heterocycles. The molecule has 0 aliphatic carbocycles. The van der Waals surface area contributed by atoms with Gasteiger partial charge in [-0.2, -0.15) is 0 Å². The van der Waals surface area contributed by atoms with Gasteiger partial charge in [0, 0.05) is 13.5 Å². The van der Waals surface area contributed by atoms with Crippen LogP contribution in [0.25, 0.3) is 0 Å². The molecule has 1 aliphatic heterocycles. The van der Waals surface area contributed by atoms with Gasteiger partial charge in [0.25, 0.3) is 0 Å². The largest absolute Gasteiger partial charge is 0.476 e. The summed E-state index contributed by atoms with van der Waals surface area (Å²) in [4.78, 5) is 11.2. The Kier molecular flexibility index (Phi) is 4.39. The maximum Gasteiger partial charge on any atom is 0.358 e. The quantitative estimate of drug-likeness (QED) is 0.842. The van der Waals surface area contributed by atoms with Crippen LogP contribution in [0.2, 0.25) is 0 Å². The van der Waals surface area contributed by atoms with Crippen LogP contribution in [0.1, 0.15) is 42.9 Å². The Morgan fingerprint density at radius 2 is 2.35 bits per heavy atom. The van der Waals surface area contributed by atoms with E-state index in [1.165, 1.54) is 0 Å². The Hall–Kier alpha value is -1.47. The second kappa shape index (κ2) is 5.88. The lowest BCUT2D eigenvalue weighted by Gasteiger charge is -2.19. The van der Waals surface area contributed by atoms with Crippen LogP contribution in [0.15, 0.2) is 0 Å². The van der Waals surface area contributed by atoms with Crippen LogP contribution in [0, 0.1) is 0 Å². The highest BCUT2D eigenvalue weighted by atomic mass is 16.5. The molecule has 1 atom stereocenters. The highest BCUT2D eigenvalue weighted by Crippen LogP contribution is 2.30. The predicted molar refractivity (Wildman–Crippen MR) is 70.7 cm³/mol. The number of rotatable bonds is 6. The lowest BCUT2D eigenvalue weighted by Crippen LogP contribution is -2.24. The van der Waals surface area contributed by atoms with E-state index < -0.39 is 5.97 Å². The van der Waals surface area contributed by atoms with Gasteiger partial charge >= 0.3 is 5.97 Å². The van der Waals surface area contributed by atoms with Crippen LogP contribution in [0.5, 0.6) is 0 Å². The molecule has 0 radical (unpaired) electrons. The number of aromatic nitrogens is 3. The van der Waals surface area contributed by atoms with Gasteiger partial charge in [0.2, 0.25) is 0 Å². The Bertz CT molecular complexity index is 484. The molecule has 1 aliphatic rings. The zero-order chi connectivity index (χ0) is 14.8. The topological polar surface area (TPSA) is 86.5 Å². The van der Waals surface area contributed by atoms with Gasteiger partial charge in [0.05, 0.1) is 30.6 Å². The van der Waals surface area contributed by atoms with Crippen molar-refractivity contribution in [2.24, 2.45) is 0 Å². The zero-order valence-electron chi connectivity index (χ0n) is 12.1. The molecule has 7 heteroatoms. The number of methoxy groups -OCH3 is 1. The molecule has 2 heterocycles. The maximum atomic E-state index is 11.2. The standard InChI is InChI=1S/C13H21N3O4/c1-13(2)6-4-9(20-13)8-16-10(5-7-19-3)11(12(17)18)14-15-16/h9H,4-8H2,1-3H3,(H,17,18). The zero-order valence-corrected chi connectivity index (χ0v) is 12.1. The molecule has 0 saturated carbocycles. The first-order valence-corrected chi connectivity index (χ1v) is 6.75. The van der Waals surface area contributed by atoms with Gasteiger partial charge in [-0.3, -0.25) is 0 Å². The van der Waals surface area contributed by atoms with Crippen molar-refractivity contribution in [2.75, 3.05) is 13.7 Å². The van der Waals surface area contributed by atoms with E-state index >= 15 is 0 Å². The predicted octanol–water partition coefficient (Wildman–Crippen LogP) is 1.12. The third-order valence-electron chi connectivity index (χ3n) is 3.51. The SMILES string of the molecule is COCCc1c(C(=O)O)nnn1CC1CCC(C)(C)O1. The molecule has 0 aromatic carbocycles. The third-order valence-corrected chi connectivity index (χ3v) is 3.51. The van der Waals surface area contributed by atoms with Crippen molar-refractivity contribution < 1.29 is 19.4 Å². The summed E-state index contributed by atoms with van der Waals surface area (Å²) in [6, 6.07) is 0. The Morgan fingerprint density at radius 1 is 1.60 bits per heavy atom. The van der Waals surface area contributed by atoms with E-state index in [1.807, 2.05) is 0 Å². The highest BCUT2D eigenvalue weighted by molar-refractivity contribution is 5.86. The van der Waals surface area contributed by atoms with Crippen LogP contribution in [0.3, 0.4) is 0 Å². The van der Waals surface area contributed by atoms with E-state index in [0.29, 0.717) is 25.3 Å². The fraction of sp³-hybridized carbons (Fsp3) is 0.769. The van der Waals surface area contributed by atoms with Crippen LogP contribution in [-0.4, -0.2) is 51.5 Å². The molecule has 20 heavy (non-hydrogen) atoms. The molecule has 1 aromatic rings. The molecule has 0 bridgehead atoms. The molecule has 1 N–H and O–H groups in total. The monoisotopic (exact) mass is 283 g/mol. The van der Waals surface area contributed by atoms with Crippen molar-refractivity contribution in [3.05, 3.63) is 11.4 Å². The Morgan fingerprint density at radius 3 is 2.90 bits per heavy atom. The summed E-state index contributed by atoms with van der Waals surface area (Å²) in [7, 11) is 1.58. The summed E-state index contributed by atoms with van der Waals surface area (Å²) in [5, 5.41) is 16.8. The molecule has 0 amide bonds. The number of carboxylic acids is 1. The van der Waals surface area contributed by atoms with Crippen molar-refractivity contribution in [2.45, 2.75) is 51.4 Å². The minimum Gasteiger partial charge on any atom is -0.476 e. The molecule has 7 nitrogen and oxygen atoms in total. The van der Waals surface area contributed by atoms with Crippen molar-refractivity contribution in [3.63, 3.8) is 0 Å². The van der Waals surface area contributed by atoms with Gasteiger partial charge in [-0.1, -0.05) is 5.21 Å². The van der Waals surface area contributed by atoms with Gasteiger partial charge in [-0.05, 0) is 26.7 Å². The number of carbonyl (C=O) groups is 1. The second-order valence-corrected chi connectivity index (χ2v) is 5.65. The first kappa shape index (κ1) is 14.9. The molecule has 1 fully saturated rings. The smallest absolute Gasteiger partial charge is 0.358 e. The average molecular weight is 283 g/mol. The number of hydrogen-bond donors (Lipinski definition) is 1. The van der Waals surface area contributed by atoms with E-state index in [-0.39, 0.29) is 17.4 Å². The molecule has 0 spiro atoms. The average Bonchev–Trinajstić information content (AvgIpc) is 2.91. The maximum absolute atomic E-state index is 11.2. The van der Waals surface area contributed by atoms with E-state index in [1.54, 1.807) is 11.8 Å². The van der Waals surface area contributed by atoms with Crippen LogP contribution >= 0.6 is 0 Å². The fourth-order valence-electron chi connectivity index (χ4n) is 2.49. The number of aromatic carboxylic acids is 1. The van der Waals surface area contributed by atoms with Crippen molar-refractivity contribution in [1.29, 1.82) is 0 Å². The summed E-state index contributed by atoms with van der Waals surface area (Å²) in [5.41, 5.74) is 0.472. The Labute approximate surface area is 117 Å². The summed E-state index contributed by atoms with van der Waals surface area (Å²) >= 11 is 0. The van der Waals surface area contributed by atoms with Crippen molar-refractivity contribution >= 4 is 5.97 Å². The number of ether oxygens (including phenoxy) is 2. The van der Waals surface area contributed by atoms with Gasteiger partial charge in [-0.25, -0.2) is 9.48 Å². The summed E-state index contributed by atoms with van der Waals surface area (Å²) in [6.45, 7) is 5.08. The lowest BCUT2D eigenvalue weighted by molar-refractivity contribution is -0.0235. The van der Waals surface area contributed by atoms with Crippen LogP contribution < -0.4 is 0 Å². The van der Waals surface area contributed by atoms with E-state index in [9.17, 15) is 4.79 Å². The summed E-state index contributed by atoms with van der Waals surface area (Å²) in [5.74, 6) is -1.06. The van der Waals surface area contributed by atoms with Crippen LogP contribution in [0.4, 0.5) is 0 Å². The summed E-state index contributed by atoms with van der Waals surface area (Å²) in [6.07, 6.45) is 2.46. The number of hydrogen-bond acceptors (Lipinski definition) is 5. The fourth-order valence-corrected chi connectivity index (χ4v) is 2.49. The van der Waals surface area contributed by atoms with E-state index in [0.717, 1.165) is 12.8 Å². The van der Waals surface area contributed by atoms with Gasteiger partial charge in [0.15, 0.2) is 5.69 Å². The third kappa shape index (κ3) is 3.34. The lowest BCUT2D eigenvalue weighted by atomic mass is 10.1. The van der Waals surface area contributed by atoms with Crippen LogP contribution in [-0.2, 0) is 22.4 Å². The van der Waals surface area contributed by atoms with Gasteiger partial charge in [-0.15, -0.1) is 5.10 Å². The molecular weight excluding hydrogens is 262 g/mol. The van der Waals surface area contributed by atoms with E-state index in [2.05, 4.69) is 24.2 Å². The minimum absolute atomic E-state index is 0.000642. The van der Waals surface area contributed by atoms with Gasteiger partial charge < -0.3 is 14.6 Å². The molecule has 1 unspecified atom stereocenters. The molecule has 2 rings (SSSR count). The van der Waals surface area contributed by atoms with Gasteiger partial charge in [0.1, 0.15) is 0 Å². The number of carboxylic acid groups (broad SMARTS) is 1. The normalized spacial score (nSPS) is 21.2. The molecule has 112 valence electrons. The first-order valence-electron chi connectivity index (χ1n) is 6.75. The summed E-state index contributed by atoms with van der Waals surface area (Å²) < 4.78 is 12.6. The first-order chi connectivity index (χ1) is 9.43. The highest BCUT2D eigenvalue weighted by Gasteiger charge is 2.32. The number of nitrogens with zero attached hydrogens (tertiary/aromatic N) is 3. The Balaban J connectivity index is 2.12. The van der Waals surface area contributed by atoms with Crippen molar-refractivity contribution in [3.8, 4) is 0 Å². The van der Waals surface area contributed by atoms with E-state index in [4.69, 9.17) is 14.6 Å². The molecule has 1 aromatic heterocycles. The van der Waals surface area contributed by atoms with Crippen molar-refractivity contribution in [1.82, 2.24) is 15.0 Å². The molecular formula is C13H21N3O4. The second-order valence-electron chi connectivity index (χ2n) is 5.65. The minimum atomic E-state index is -1.06.